The summed E-state index contributed by atoms with van der Waals surface area (Å²) in [5.74, 6) is 0.380. The van der Waals surface area contributed by atoms with Crippen molar-refractivity contribution in [2.45, 2.75) is 33.2 Å². The molecule has 1 fully saturated rings. The van der Waals surface area contributed by atoms with E-state index in [0.29, 0.717) is 5.56 Å². The lowest BCUT2D eigenvalue weighted by molar-refractivity contribution is 0.0999. The molecule has 2 aromatic heterocycles. The fourth-order valence-corrected chi connectivity index (χ4v) is 2.99. The van der Waals surface area contributed by atoms with E-state index in [1.54, 1.807) is 11.3 Å². The molecule has 0 unspecified atom stereocenters. The lowest BCUT2D eigenvalue weighted by atomic mass is 10.2. The minimum Gasteiger partial charge on any atom is -0.366 e. The molecule has 4 nitrogen and oxygen atoms in total. The third-order valence-electron chi connectivity index (χ3n) is 3.65. The average Bonchev–Trinajstić information content (AvgIpc) is 2.98. The third kappa shape index (κ3) is 2.30. The van der Waals surface area contributed by atoms with E-state index < -0.39 is 0 Å². The zero-order valence-electron chi connectivity index (χ0n) is 11.1. The van der Waals surface area contributed by atoms with Crippen LogP contribution in [-0.2, 0) is 6.54 Å². The zero-order valence-corrected chi connectivity index (χ0v) is 12.0. The molecule has 2 aromatic rings. The van der Waals surface area contributed by atoms with Gasteiger partial charge in [0, 0.05) is 17.6 Å². The predicted molar refractivity (Wildman–Crippen MR) is 76.3 cm³/mol. The summed E-state index contributed by atoms with van der Waals surface area (Å²) in [6, 6.07) is 1.88. The van der Waals surface area contributed by atoms with Crippen LogP contribution in [0.1, 0.15) is 33.9 Å². The summed E-state index contributed by atoms with van der Waals surface area (Å²) >= 11 is 1.63. The normalized spacial score (nSPS) is 14.8. The Hall–Kier alpha value is -1.62. The van der Waals surface area contributed by atoms with Crippen LogP contribution in [0.3, 0.4) is 0 Å². The lowest BCUT2D eigenvalue weighted by Crippen LogP contribution is -2.12. The molecule has 0 radical (unpaired) electrons. The summed E-state index contributed by atoms with van der Waals surface area (Å²) in [6.45, 7) is 4.92. The minimum atomic E-state index is -0.361. The van der Waals surface area contributed by atoms with Gasteiger partial charge in [0.05, 0.1) is 22.0 Å². The van der Waals surface area contributed by atoms with E-state index in [2.05, 4.69) is 9.55 Å². The van der Waals surface area contributed by atoms with Crippen molar-refractivity contribution in [3.8, 4) is 11.4 Å². The summed E-state index contributed by atoms with van der Waals surface area (Å²) < 4.78 is 2.20. The average molecular weight is 275 g/mol. The van der Waals surface area contributed by atoms with Crippen LogP contribution in [0.5, 0.6) is 0 Å². The summed E-state index contributed by atoms with van der Waals surface area (Å²) in [7, 11) is 0. The van der Waals surface area contributed by atoms with Gasteiger partial charge in [-0.25, -0.2) is 4.98 Å². The van der Waals surface area contributed by atoms with Crippen molar-refractivity contribution >= 4 is 17.2 Å². The van der Waals surface area contributed by atoms with Crippen LogP contribution < -0.4 is 5.73 Å². The number of carbonyl (C=O) groups excluding carboxylic acids is 1. The maximum atomic E-state index is 11.5. The summed E-state index contributed by atoms with van der Waals surface area (Å²) in [5.41, 5.74) is 8.99. The molecule has 3 rings (SSSR count). The Morgan fingerprint density at radius 2 is 2.26 bits per heavy atom. The standard InChI is InChI=1S/C14H17N3OS/c1-8-11(14(15)18)5-13(12-7-19-9(2)16-12)17(8)6-10-3-4-10/h5,7,10H,3-4,6H2,1-2H3,(H2,15,18). The highest BCUT2D eigenvalue weighted by Crippen LogP contribution is 2.35. The largest absolute Gasteiger partial charge is 0.366 e. The molecule has 1 aliphatic rings. The Bertz CT molecular complexity index is 637. The van der Waals surface area contributed by atoms with Crippen molar-refractivity contribution in [1.29, 1.82) is 0 Å². The molecule has 1 saturated carbocycles. The van der Waals surface area contributed by atoms with Gasteiger partial charge in [0.25, 0.3) is 5.91 Å². The molecular weight excluding hydrogens is 258 g/mol. The number of carbonyl (C=O) groups is 1. The molecule has 1 amide bonds. The molecular formula is C14H17N3OS. The molecule has 0 saturated heterocycles. The quantitative estimate of drug-likeness (QED) is 0.932. The molecule has 2 N–H and O–H groups in total. The SMILES string of the molecule is Cc1nc(-c2cc(C(N)=O)c(C)n2CC2CC2)cs1. The molecule has 0 aliphatic heterocycles. The Balaban J connectivity index is 2.10. The first-order valence-corrected chi connectivity index (χ1v) is 7.36. The molecule has 100 valence electrons. The molecule has 0 atom stereocenters. The van der Waals surface area contributed by atoms with Crippen molar-refractivity contribution in [1.82, 2.24) is 9.55 Å². The molecule has 0 aromatic carbocycles. The number of primary amides is 1. The molecule has 5 heteroatoms. The summed E-state index contributed by atoms with van der Waals surface area (Å²) in [4.78, 5) is 16.0. The highest BCUT2D eigenvalue weighted by molar-refractivity contribution is 7.09. The van der Waals surface area contributed by atoms with Crippen molar-refractivity contribution < 1.29 is 4.79 Å². The minimum absolute atomic E-state index is 0.361. The number of amides is 1. The van der Waals surface area contributed by atoms with Crippen LogP contribution in [0.25, 0.3) is 11.4 Å². The van der Waals surface area contributed by atoms with E-state index in [4.69, 9.17) is 5.73 Å². The Labute approximate surface area is 116 Å². The number of nitrogens with two attached hydrogens (primary N) is 1. The number of nitrogens with zero attached hydrogens (tertiary/aromatic N) is 2. The fraction of sp³-hybridized carbons (Fsp3) is 0.429. The number of aromatic nitrogens is 2. The molecule has 0 bridgehead atoms. The second-order valence-corrected chi connectivity index (χ2v) is 6.26. The number of rotatable bonds is 4. The van der Waals surface area contributed by atoms with Crippen molar-refractivity contribution in [2.75, 3.05) is 0 Å². The summed E-state index contributed by atoms with van der Waals surface area (Å²) in [6.07, 6.45) is 2.55. The van der Waals surface area contributed by atoms with Gasteiger partial charge >= 0.3 is 0 Å². The van der Waals surface area contributed by atoms with E-state index in [1.165, 1.54) is 12.8 Å². The topological polar surface area (TPSA) is 60.9 Å². The van der Waals surface area contributed by atoms with E-state index in [1.807, 2.05) is 25.3 Å². The van der Waals surface area contributed by atoms with Gasteiger partial charge in [-0.15, -0.1) is 11.3 Å². The van der Waals surface area contributed by atoms with Crippen LogP contribution in [0.4, 0.5) is 0 Å². The summed E-state index contributed by atoms with van der Waals surface area (Å²) in [5, 5.41) is 3.07. The van der Waals surface area contributed by atoms with Crippen molar-refractivity contribution in [3.63, 3.8) is 0 Å². The Morgan fingerprint density at radius 1 is 1.53 bits per heavy atom. The van der Waals surface area contributed by atoms with Crippen molar-refractivity contribution in [3.05, 3.63) is 27.7 Å². The van der Waals surface area contributed by atoms with Crippen LogP contribution in [-0.4, -0.2) is 15.5 Å². The van der Waals surface area contributed by atoms with Crippen LogP contribution in [0, 0.1) is 19.8 Å². The van der Waals surface area contributed by atoms with E-state index in [0.717, 1.165) is 34.6 Å². The Morgan fingerprint density at radius 3 is 2.79 bits per heavy atom. The Kier molecular flexibility index (Phi) is 2.93. The highest BCUT2D eigenvalue weighted by atomic mass is 32.1. The van der Waals surface area contributed by atoms with Gasteiger partial charge in [-0.05, 0) is 38.7 Å². The maximum absolute atomic E-state index is 11.5. The van der Waals surface area contributed by atoms with Crippen molar-refractivity contribution in [2.24, 2.45) is 11.7 Å². The number of hydrogen-bond donors (Lipinski definition) is 1. The number of aryl methyl sites for hydroxylation is 1. The highest BCUT2D eigenvalue weighted by Gasteiger charge is 2.26. The smallest absolute Gasteiger partial charge is 0.250 e. The van der Waals surface area contributed by atoms with Crippen LogP contribution >= 0.6 is 11.3 Å². The van der Waals surface area contributed by atoms with Crippen LogP contribution in [0.15, 0.2) is 11.4 Å². The number of thiazole rings is 1. The molecule has 19 heavy (non-hydrogen) atoms. The second-order valence-electron chi connectivity index (χ2n) is 5.20. The van der Waals surface area contributed by atoms with E-state index >= 15 is 0 Å². The van der Waals surface area contributed by atoms with Gasteiger partial charge in [-0.2, -0.15) is 0 Å². The van der Waals surface area contributed by atoms with Crippen LogP contribution in [0.2, 0.25) is 0 Å². The monoisotopic (exact) mass is 275 g/mol. The van der Waals surface area contributed by atoms with Gasteiger partial charge < -0.3 is 10.3 Å². The van der Waals surface area contributed by atoms with E-state index in [9.17, 15) is 4.79 Å². The molecule has 0 spiro atoms. The lowest BCUT2D eigenvalue weighted by Gasteiger charge is -2.09. The van der Waals surface area contributed by atoms with Gasteiger partial charge in [-0.3, -0.25) is 4.79 Å². The van der Waals surface area contributed by atoms with Gasteiger partial charge in [0.15, 0.2) is 0 Å². The molecule has 1 aliphatic carbocycles. The molecule has 2 heterocycles. The number of hydrogen-bond acceptors (Lipinski definition) is 3. The van der Waals surface area contributed by atoms with Gasteiger partial charge in [0.1, 0.15) is 0 Å². The second kappa shape index (κ2) is 4.49. The third-order valence-corrected chi connectivity index (χ3v) is 4.42. The predicted octanol–water partition coefficient (Wildman–Crippen LogP) is 2.74. The van der Waals surface area contributed by atoms with Gasteiger partial charge in [0.2, 0.25) is 0 Å². The first kappa shape index (κ1) is 12.4. The first-order chi connectivity index (χ1) is 9.06. The zero-order chi connectivity index (χ0) is 13.6. The fourth-order valence-electron chi connectivity index (χ4n) is 2.38. The maximum Gasteiger partial charge on any atom is 0.250 e. The van der Waals surface area contributed by atoms with Gasteiger partial charge in [-0.1, -0.05) is 0 Å². The van der Waals surface area contributed by atoms with E-state index in [-0.39, 0.29) is 5.91 Å². The first-order valence-electron chi connectivity index (χ1n) is 6.48.